The molecule has 0 saturated heterocycles. The molecule has 1 atom stereocenters. The zero-order valence-electron chi connectivity index (χ0n) is 10.8. The minimum atomic E-state index is -0.513. The third-order valence-corrected chi connectivity index (χ3v) is 2.16. The van der Waals surface area contributed by atoms with Crippen LogP contribution in [0.3, 0.4) is 0 Å². The minimum absolute atomic E-state index is 0.125. The summed E-state index contributed by atoms with van der Waals surface area (Å²) in [5.41, 5.74) is 0. The van der Waals surface area contributed by atoms with Gasteiger partial charge in [0.25, 0.3) is 0 Å². The maximum Gasteiger partial charge on any atom is 0.242 e. The van der Waals surface area contributed by atoms with Gasteiger partial charge in [-0.15, -0.1) is 0 Å². The highest BCUT2D eigenvalue weighted by molar-refractivity contribution is 5.87. The van der Waals surface area contributed by atoms with Gasteiger partial charge in [0.1, 0.15) is 6.04 Å². The first-order valence-corrected chi connectivity index (χ1v) is 5.88. The van der Waals surface area contributed by atoms with Crippen LogP contribution in [0.1, 0.15) is 20.3 Å². The van der Waals surface area contributed by atoms with Gasteiger partial charge in [-0.3, -0.25) is 9.59 Å². The van der Waals surface area contributed by atoms with Gasteiger partial charge < -0.3 is 20.7 Å². The molecule has 17 heavy (non-hydrogen) atoms. The summed E-state index contributed by atoms with van der Waals surface area (Å²) in [5.74, 6) is -0.320. The van der Waals surface area contributed by atoms with Gasteiger partial charge >= 0.3 is 0 Å². The van der Waals surface area contributed by atoms with E-state index in [0.29, 0.717) is 26.1 Å². The molecule has 100 valence electrons. The smallest absolute Gasteiger partial charge is 0.242 e. The van der Waals surface area contributed by atoms with Crippen LogP contribution in [-0.2, 0) is 14.3 Å². The maximum atomic E-state index is 11.5. The summed E-state index contributed by atoms with van der Waals surface area (Å²) in [7, 11) is 1.57. The number of hydrogen-bond donors (Lipinski definition) is 3. The Hall–Kier alpha value is -1.14. The first-order chi connectivity index (χ1) is 8.11. The van der Waals surface area contributed by atoms with Crippen LogP contribution < -0.4 is 16.0 Å². The van der Waals surface area contributed by atoms with Crippen molar-refractivity contribution >= 4 is 11.8 Å². The van der Waals surface area contributed by atoms with Crippen molar-refractivity contribution in [3.63, 3.8) is 0 Å². The van der Waals surface area contributed by atoms with Crippen molar-refractivity contribution in [3.05, 3.63) is 0 Å². The number of methoxy groups -OCH3 is 1. The number of hydrogen-bond acceptors (Lipinski definition) is 4. The van der Waals surface area contributed by atoms with Gasteiger partial charge in [0.05, 0.1) is 6.61 Å². The van der Waals surface area contributed by atoms with Gasteiger partial charge in [0.2, 0.25) is 11.8 Å². The lowest BCUT2D eigenvalue weighted by molar-refractivity contribution is -0.128. The number of amides is 2. The lowest BCUT2D eigenvalue weighted by atomic mass is 10.3. The van der Waals surface area contributed by atoms with Gasteiger partial charge in [-0.25, -0.2) is 0 Å². The molecule has 0 rings (SSSR count). The summed E-state index contributed by atoms with van der Waals surface area (Å²) in [4.78, 5) is 22.9. The van der Waals surface area contributed by atoms with Gasteiger partial charge in [0, 0.05) is 26.6 Å². The molecule has 3 N–H and O–H groups in total. The van der Waals surface area contributed by atoms with Crippen LogP contribution in [0.2, 0.25) is 0 Å². The molecule has 0 bridgehead atoms. The van der Waals surface area contributed by atoms with Crippen LogP contribution in [0.5, 0.6) is 0 Å². The highest BCUT2D eigenvalue weighted by atomic mass is 16.5. The maximum absolute atomic E-state index is 11.5. The van der Waals surface area contributed by atoms with Crippen LogP contribution in [0.15, 0.2) is 0 Å². The van der Waals surface area contributed by atoms with Crippen molar-refractivity contribution in [3.8, 4) is 0 Å². The molecular formula is C11H23N3O3. The number of ether oxygens (including phenoxy) is 1. The van der Waals surface area contributed by atoms with E-state index in [2.05, 4.69) is 16.0 Å². The van der Waals surface area contributed by atoms with Crippen molar-refractivity contribution in [2.45, 2.75) is 26.3 Å². The Morgan fingerprint density at radius 3 is 2.59 bits per heavy atom. The van der Waals surface area contributed by atoms with E-state index >= 15 is 0 Å². The third-order valence-electron chi connectivity index (χ3n) is 2.16. The zero-order chi connectivity index (χ0) is 13.1. The Morgan fingerprint density at radius 2 is 2.00 bits per heavy atom. The van der Waals surface area contributed by atoms with E-state index in [1.165, 1.54) is 0 Å². The Labute approximate surface area is 102 Å². The summed E-state index contributed by atoms with van der Waals surface area (Å²) in [6.45, 7) is 6.01. The predicted molar refractivity (Wildman–Crippen MR) is 65.7 cm³/mol. The Kier molecular flexibility index (Phi) is 9.37. The van der Waals surface area contributed by atoms with Crippen LogP contribution >= 0.6 is 0 Å². The largest absolute Gasteiger partial charge is 0.383 e. The van der Waals surface area contributed by atoms with E-state index < -0.39 is 6.04 Å². The molecule has 6 heteroatoms. The number of nitrogens with one attached hydrogen (secondary N) is 3. The number of carbonyl (C=O) groups excluding carboxylic acids is 2. The molecule has 0 aliphatic rings. The van der Waals surface area contributed by atoms with Crippen LogP contribution in [0, 0.1) is 0 Å². The average molecular weight is 245 g/mol. The molecule has 0 heterocycles. The summed E-state index contributed by atoms with van der Waals surface area (Å²) >= 11 is 0. The first-order valence-electron chi connectivity index (χ1n) is 5.88. The molecular weight excluding hydrogens is 222 g/mol. The SMILES string of the molecule is CCNCCC(=O)NC(C)C(=O)NCCOC. The van der Waals surface area contributed by atoms with E-state index in [4.69, 9.17) is 4.74 Å². The number of carbonyl (C=O) groups is 2. The molecule has 6 nitrogen and oxygen atoms in total. The Morgan fingerprint density at radius 1 is 1.29 bits per heavy atom. The molecule has 0 aromatic rings. The summed E-state index contributed by atoms with van der Waals surface area (Å²) in [6, 6.07) is -0.513. The fraction of sp³-hybridized carbons (Fsp3) is 0.818. The van der Waals surface area contributed by atoms with Gasteiger partial charge in [-0.2, -0.15) is 0 Å². The van der Waals surface area contributed by atoms with E-state index in [-0.39, 0.29) is 11.8 Å². The summed E-state index contributed by atoms with van der Waals surface area (Å²) in [5, 5.41) is 8.34. The molecule has 0 aliphatic heterocycles. The topological polar surface area (TPSA) is 79.5 Å². The van der Waals surface area contributed by atoms with Crippen molar-refractivity contribution in [2.75, 3.05) is 33.4 Å². The predicted octanol–water partition coefficient (Wildman–Crippen LogP) is -0.747. The lowest BCUT2D eigenvalue weighted by Crippen LogP contribution is -2.46. The second-order valence-corrected chi connectivity index (χ2v) is 3.68. The highest BCUT2D eigenvalue weighted by Crippen LogP contribution is 1.85. The zero-order valence-corrected chi connectivity index (χ0v) is 10.8. The van der Waals surface area contributed by atoms with Crippen molar-refractivity contribution < 1.29 is 14.3 Å². The van der Waals surface area contributed by atoms with Crippen molar-refractivity contribution in [1.82, 2.24) is 16.0 Å². The van der Waals surface area contributed by atoms with E-state index in [1.54, 1.807) is 14.0 Å². The van der Waals surface area contributed by atoms with Gasteiger partial charge in [0.15, 0.2) is 0 Å². The molecule has 1 unspecified atom stereocenters. The van der Waals surface area contributed by atoms with E-state index in [9.17, 15) is 9.59 Å². The second kappa shape index (κ2) is 10.0. The number of rotatable bonds is 9. The summed E-state index contributed by atoms with van der Waals surface area (Å²) < 4.78 is 4.81. The molecule has 0 fully saturated rings. The molecule has 0 aromatic heterocycles. The molecule has 2 amide bonds. The van der Waals surface area contributed by atoms with E-state index in [0.717, 1.165) is 6.54 Å². The average Bonchev–Trinajstić information content (AvgIpc) is 2.29. The molecule has 0 aromatic carbocycles. The normalized spacial score (nSPS) is 11.9. The van der Waals surface area contributed by atoms with Gasteiger partial charge in [-0.05, 0) is 13.5 Å². The van der Waals surface area contributed by atoms with Crippen LogP contribution in [-0.4, -0.2) is 51.2 Å². The van der Waals surface area contributed by atoms with E-state index in [1.807, 2.05) is 6.92 Å². The molecule has 0 spiro atoms. The van der Waals surface area contributed by atoms with Crippen molar-refractivity contribution in [1.29, 1.82) is 0 Å². The Bertz CT molecular complexity index is 234. The third kappa shape index (κ3) is 8.65. The first kappa shape index (κ1) is 15.9. The molecule has 0 saturated carbocycles. The fourth-order valence-corrected chi connectivity index (χ4v) is 1.19. The van der Waals surface area contributed by atoms with Gasteiger partial charge in [-0.1, -0.05) is 6.92 Å². The highest BCUT2D eigenvalue weighted by Gasteiger charge is 2.14. The molecule has 0 aliphatic carbocycles. The Balaban J connectivity index is 3.71. The van der Waals surface area contributed by atoms with Crippen LogP contribution in [0.4, 0.5) is 0 Å². The fourth-order valence-electron chi connectivity index (χ4n) is 1.19. The molecule has 0 radical (unpaired) electrons. The minimum Gasteiger partial charge on any atom is -0.383 e. The summed E-state index contributed by atoms with van der Waals surface area (Å²) in [6.07, 6.45) is 0.379. The monoisotopic (exact) mass is 245 g/mol. The standard InChI is InChI=1S/C11H23N3O3/c1-4-12-6-5-10(15)14-9(2)11(16)13-7-8-17-3/h9,12H,4-8H2,1-3H3,(H,13,16)(H,14,15). The van der Waals surface area contributed by atoms with Crippen LogP contribution in [0.25, 0.3) is 0 Å². The lowest BCUT2D eigenvalue weighted by Gasteiger charge is -2.14. The van der Waals surface area contributed by atoms with Crippen molar-refractivity contribution in [2.24, 2.45) is 0 Å². The second-order valence-electron chi connectivity index (χ2n) is 3.68. The quantitative estimate of drug-likeness (QED) is 0.467.